The van der Waals surface area contributed by atoms with E-state index in [1.807, 2.05) is 42.2 Å². The van der Waals surface area contributed by atoms with E-state index in [-0.39, 0.29) is 18.9 Å². The van der Waals surface area contributed by atoms with E-state index in [2.05, 4.69) is 6.07 Å². The highest BCUT2D eigenvalue weighted by molar-refractivity contribution is 7.92. The lowest BCUT2D eigenvalue weighted by molar-refractivity contribution is -0.131. The van der Waals surface area contributed by atoms with Gasteiger partial charge < -0.3 is 4.90 Å². The SMILES string of the molecule is Cc1ccc(N(CCC(=O)N2CCc3ccccc3C2)S(C)(=O)=O)cc1. The maximum atomic E-state index is 12.6. The van der Waals surface area contributed by atoms with Crippen LogP contribution in [0, 0.1) is 6.92 Å². The van der Waals surface area contributed by atoms with Crippen LogP contribution in [0.2, 0.25) is 0 Å². The predicted octanol–water partition coefficient (Wildman–Crippen LogP) is 2.74. The maximum absolute atomic E-state index is 12.6. The normalized spacial score (nSPS) is 14.0. The highest BCUT2D eigenvalue weighted by atomic mass is 32.2. The molecule has 0 bridgehead atoms. The third-order valence-corrected chi connectivity index (χ3v) is 5.93. The van der Waals surface area contributed by atoms with Crippen LogP contribution in [-0.4, -0.2) is 38.6 Å². The highest BCUT2D eigenvalue weighted by Crippen LogP contribution is 2.21. The number of hydrogen-bond donors (Lipinski definition) is 0. The summed E-state index contributed by atoms with van der Waals surface area (Å²) in [5.41, 5.74) is 4.11. The van der Waals surface area contributed by atoms with Crippen molar-refractivity contribution < 1.29 is 13.2 Å². The van der Waals surface area contributed by atoms with Gasteiger partial charge in [-0.2, -0.15) is 0 Å². The molecule has 0 unspecified atom stereocenters. The topological polar surface area (TPSA) is 57.7 Å². The van der Waals surface area contributed by atoms with Crippen LogP contribution in [0.1, 0.15) is 23.1 Å². The molecular weight excluding hydrogens is 348 g/mol. The predicted molar refractivity (Wildman–Crippen MR) is 104 cm³/mol. The van der Waals surface area contributed by atoms with Crippen molar-refractivity contribution in [2.24, 2.45) is 0 Å². The van der Waals surface area contributed by atoms with Crippen molar-refractivity contribution in [3.63, 3.8) is 0 Å². The van der Waals surface area contributed by atoms with Crippen LogP contribution >= 0.6 is 0 Å². The molecule has 0 N–H and O–H groups in total. The van der Waals surface area contributed by atoms with Crippen LogP contribution in [0.5, 0.6) is 0 Å². The number of hydrogen-bond acceptors (Lipinski definition) is 3. The van der Waals surface area contributed by atoms with Crippen molar-refractivity contribution in [1.29, 1.82) is 0 Å². The first-order chi connectivity index (χ1) is 12.3. The molecule has 3 rings (SSSR count). The summed E-state index contributed by atoms with van der Waals surface area (Å²) in [5, 5.41) is 0. The second-order valence-corrected chi connectivity index (χ2v) is 8.66. The van der Waals surface area contributed by atoms with Gasteiger partial charge >= 0.3 is 0 Å². The van der Waals surface area contributed by atoms with E-state index >= 15 is 0 Å². The lowest BCUT2D eigenvalue weighted by Gasteiger charge is -2.30. The molecule has 1 amide bonds. The van der Waals surface area contributed by atoms with Gasteiger partial charge in [0.1, 0.15) is 0 Å². The summed E-state index contributed by atoms with van der Waals surface area (Å²) in [6, 6.07) is 15.4. The van der Waals surface area contributed by atoms with Crippen molar-refractivity contribution >= 4 is 21.6 Å². The average Bonchev–Trinajstić information content (AvgIpc) is 2.61. The molecule has 0 fully saturated rings. The molecule has 1 aliphatic heterocycles. The first-order valence-corrected chi connectivity index (χ1v) is 10.6. The molecule has 0 saturated heterocycles. The van der Waals surface area contributed by atoms with Gasteiger partial charge in [0, 0.05) is 26.1 Å². The summed E-state index contributed by atoms with van der Waals surface area (Å²) in [6.07, 6.45) is 2.19. The second kappa shape index (κ2) is 7.50. The van der Waals surface area contributed by atoms with E-state index in [9.17, 15) is 13.2 Å². The Hall–Kier alpha value is -2.34. The van der Waals surface area contributed by atoms with Gasteiger partial charge in [0.15, 0.2) is 0 Å². The molecular formula is C20H24N2O3S. The molecule has 26 heavy (non-hydrogen) atoms. The van der Waals surface area contributed by atoms with Crippen LogP contribution in [0.15, 0.2) is 48.5 Å². The Morgan fingerprint density at radius 2 is 1.73 bits per heavy atom. The standard InChI is InChI=1S/C20H24N2O3S/c1-16-7-9-19(10-8-16)22(26(2,24)25)14-12-20(23)21-13-11-17-5-3-4-6-18(17)15-21/h3-10H,11-15H2,1-2H3. The maximum Gasteiger partial charge on any atom is 0.232 e. The number of sulfonamides is 1. The molecule has 2 aromatic rings. The van der Waals surface area contributed by atoms with Gasteiger partial charge in [-0.25, -0.2) is 8.42 Å². The summed E-state index contributed by atoms with van der Waals surface area (Å²) < 4.78 is 25.6. The Labute approximate surface area is 155 Å². The summed E-state index contributed by atoms with van der Waals surface area (Å²) in [4.78, 5) is 14.4. The Kier molecular flexibility index (Phi) is 5.32. The Balaban J connectivity index is 1.68. The van der Waals surface area contributed by atoms with Gasteiger partial charge in [0.2, 0.25) is 15.9 Å². The van der Waals surface area contributed by atoms with Crippen LogP contribution < -0.4 is 4.31 Å². The fraction of sp³-hybridized carbons (Fsp3) is 0.350. The lowest BCUT2D eigenvalue weighted by atomic mass is 10.00. The summed E-state index contributed by atoms with van der Waals surface area (Å²) in [5.74, 6) is -0.0136. The fourth-order valence-corrected chi connectivity index (χ4v) is 4.19. The molecule has 0 aliphatic carbocycles. The Bertz CT molecular complexity index is 892. The molecule has 0 spiro atoms. The van der Waals surface area contributed by atoms with Crippen molar-refractivity contribution in [3.05, 3.63) is 65.2 Å². The molecule has 0 aromatic heterocycles. The molecule has 1 heterocycles. The monoisotopic (exact) mass is 372 g/mol. The van der Waals surface area contributed by atoms with Gasteiger partial charge in [-0.05, 0) is 36.6 Å². The number of anilines is 1. The number of nitrogens with zero attached hydrogens (tertiary/aromatic N) is 2. The van der Waals surface area contributed by atoms with Crippen LogP contribution in [0.4, 0.5) is 5.69 Å². The molecule has 138 valence electrons. The van der Waals surface area contributed by atoms with E-state index in [0.29, 0.717) is 18.8 Å². The van der Waals surface area contributed by atoms with E-state index in [4.69, 9.17) is 0 Å². The smallest absolute Gasteiger partial charge is 0.232 e. The largest absolute Gasteiger partial charge is 0.338 e. The molecule has 0 atom stereocenters. The van der Waals surface area contributed by atoms with Crippen molar-refractivity contribution in [3.8, 4) is 0 Å². The average molecular weight is 372 g/mol. The molecule has 6 heteroatoms. The van der Waals surface area contributed by atoms with Gasteiger partial charge in [-0.15, -0.1) is 0 Å². The van der Waals surface area contributed by atoms with Crippen molar-refractivity contribution in [2.45, 2.75) is 26.3 Å². The number of fused-ring (bicyclic) bond motifs is 1. The number of amides is 1. The van der Waals surface area contributed by atoms with E-state index in [1.54, 1.807) is 12.1 Å². The number of carbonyl (C=O) groups is 1. The molecule has 1 aliphatic rings. The minimum atomic E-state index is -3.44. The summed E-state index contributed by atoms with van der Waals surface area (Å²) in [7, 11) is -3.44. The number of carbonyl (C=O) groups excluding carboxylic acids is 1. The number of rotatable bonds is 5. The van der Waals surface area contributed by atoms with Crippen molar-refractivity contribution in [1.82, 2.24) is 4.90 Å². The van der Waals surface area contributed by atoms with E-state index in [1.165, 1.54) is 21.7 Å². The zero-order valence-electron chi connectivity index (χ0n) is 15.2. The van der Waals surface area contributed by atoms with Crippen molar-refractivity contribution in [2.75, 3.05) is 23.7 Å². The molecule has 5 nitrogen and oxygen atoms in total. The van der Waals surface area contributed by atoms with Crippen LogP contribution in [0.25, 0.3) is 0 Å². The van der Waals surface area contributed by atoms with Gasteiger partial charge in [0.25, 0.3) is 0 Å². The van der Waals surface area contributed by atoms with Crippen LogP contribution in [0.3, 0.4) is 0 Å². The van der Waals surface area contributed by atoms with Gasteiger partial charge in [0.05, 0.1) is 11.9 Å². The first-order valence-electron chi connectivity index (χ1n) is 8.73. The summed E-state index contributed by atoms with van der Waals surface area (Å²) >= 11 is 0. The first kappa shape index (κ1) is 18.5. The van der Waals surface area contributed by atoms with Gasteiger partial charge in [-0.1, -0.05) is 42.0 Å². The zero-order chi connectivity index (χ0) is 18.7. The molecule has 0 radical (unpaired) electrons. The fourth-order valence-electron chi connectivity index (χ4n) is 3.26. The second-order valence-electron chi connectivity index (χ2n) is 6.75. The number of benzene rings is 2. The minimum absolute atomic E-state index is 0.0136. The van der Waals surface area contributed by atoms with Gasteiger partial charge in [-0.3, -0.25) is 9.10 Å². The van der Waals surface area contributed by atoms with Crippen LogP contribution in [-0.2, 0) is 27.8 Å². The lowest BCUT2D eigenvalue weighted by Crippen LogP contribution is -2.39. The van der Waals surface area contributed by atoms with E-state index < -0.39 is 10.0 Å². The Morgan fingerprint density at radius 1 is 1.08 bits per heavy atom. The quantitative estimate of drug-likeness (QED) is 0.811. The third-order valence-electron chi connectivity index (χ3n) is 4.73. The third kappa shape index (κ3) is 4.25. The summed E-state index contributed by atoms with van der Waals surface area (Å²) in [6.45, 7) is 3.38. The van der Waals surface area contributed by atoms with E-state index in [0.717, 1.165) is 12.0 Å². The zero-order valence-corrected chi connectivity index (χ0v) is 16.0. The molecule has 2 aromatic carbocycles. The molecule has 0 saturated carbocycles. The minimum Gasteiger partial charge on any atom is -0.338 e. The number of aryl methyl sites for hydroxylation is 1. The highest BCUT2D eigenvalue weighted by Gasteiger charge is 2.23. The Morgan fingerprint density at radius 3 is 2.38 bits per heavy atom.